The number of carbonyl (C=O) groups excluding carboxylic acids is 1. The van der Waals surface area contributed by atoms with Crippen LogP contribution in [0.4, 0.5) is 0 Å². The van der Waals surface area contributed by atoms with Gasteiger partial charge in [0.15, 0.2) is 0 Å². The summed E-state index contributed by atoms with van der Waals surface area (Å²) < 4.78 is 0. The highest BCUT2D eigenvalue weighted by atomic mass is 16.2. The zero-order chi connectivity index (χ0) is 9.84. The molecular formula is C9H15N3O. The Hall–Kier alpha value is -1.08. The van der Waals surface area contributed by atoms with E-state index in [9.17, 15) is 4.79 Å². The predicted molar refractivity (Wildman–Crippen MR) is 48.6 cm³/mol. The smallest absolute Gasteiger partial charge is 0.239 e. The lowest BCUT2D eigenvalue weighted by Gasteiger charge is -2.22. The molecule has 0 unspecified atom stereocenters. The van der Waals surface area contributed by atoms with E-state index in [1.807, 2.05) is 6.07 Å². The summed E-state index contributed by atoms with van der Waals surface area (Å²) in [6, 6.07) is 1.95. The Labute approximate surface area is 78.3 Å². The van der Waals surface area contributed by atoms with Gasteiger partial charge in [0, 0.05) is 12.6 Å². The average Bonchev–Trinajstić information content (AvgIpc) is 2.88. The minimum atomic E-state index is -0.445. The molecule has 0 bridgehead atoms. The zero-order valence-electron chi connectivity index (χ0n) is 7.86. The van der Waals surface area contributed by atoms with Crippen LogP contribution in [0.1, 0.15) is 26.2 Å². The third-order valence-corrected chi connectivity index (χ3v) is 2.12. The Kier molecular flexibility index (Phi) is 3.26. The molecule has 0 spiro atoms. The third kappa shape index (κ3) is 2.71. The summed E-state index contributed by atoms with van der Waals surface area (Å²) in [5.74, 6) is -0.0299. The van der Waals surface area contributed by atoms with Gasteiger partial charge in [0.2, 0.25) is 5.91 Å². The second kappa shape index (κ2) is 4.24. The molecule has 1 saturated carbocycles. The Morgan fingerprint density at radius 3 is 2.77 bits per heavy atom. The number of nitrogens with two attached hydrogens (primary N) is 1. The van der Waals surface area contributed by atoms with Crippen molar-refractivity contribution in [3.8, 4) is 6.07 Å². The Morgan fingerprint density at radius 2 is 2.38 bits per heavy atom. The van der Waals surface area contributed by atoms with Gasteiger partial charge in [-0.2, -0.15) is 5.26 Å². The van der Waals surface area contributed by atoms with Crippen molar-refractivity contribution in [3.63, 3.8) is 0 Å². The van der Waals surface area contributed by atoms with E-state index in [2.05, 4.69) is 0 Å². The molecular weight excluding hydrogens is 166 g/mol. The van der Waals surface area contributed by atoms with Crippen LogP contribution in [0.5, 0.6) is 0 Å². The van der Waals surface area contributed by atoms with E-state index in [0.717, 1.165) is 12.8 Å². The first kappa shape index (κ1) is 10.0. The van der Waals surface area contributed by atoms with E-state index in [0.29, 0.717) is 19.0 Å². The molecule has 1 rings (SSSR count). The van der Waals surface area contributed by atoms with E-state index in [1.165, 1.54) is 0 Å². The van der Waals surface area contributed by atoms with E-state index in [4.69, 9.17) is 11.0 Å². The van der Waals surface area contributed by atoms with Crippen molar-refractivity contribution >= 4 is 5.91 Å². The summed E-state index contributed by atoms with van der Waals surface area (Å²) >= 11 is 0. The van der Waals surface area contributed by atoms with Crippen molar-refractivity contribution in [2.45, 2.75) is 38.3 Å². The molecule has 72 valence electrons. The van der Waals surface area contributed by atoms with Crippen LogP contribution in [-0.4, -0.2) is 29.4 Å². The van der Waals surface area contributed by atoms with Gasteiger partial charge in [-0.05, 0) is 19.8 Å². The number of rotatable bonds is 4. The Bertz CT molecular complexity index is 228. The largest absolute Gasteiger partial charge is 0.337 e. The molecule has 1 atom stereocenters. The molecule has 4 heteroatoms. The molecule has 0 aliphatic heterocycles. The van der Waals surface area contributed by atoms with Crippen molar-refractivity contribution < 1.29 is 4.79 Å². The fraction of sp³-hybridized carbons (Fsp3) is 0.778. The minimum Gasteiger partial charge on any atom is -0.337 e. The summed E-state index contributed by atoms with van der Waals surface area (Å²) in [5.41, 5.74) is 5.50. The molecule has 1 amide bonds. The third-order valence-electron chi connectivity index (χ3n) is 2.12. The first-order valence-electron chi connectivity index (χ1n) is 4.60. The summed E-state index contributed by atoms with van der Waals surface area (Å²) in [6.07, 6.45) is 2.52. The maximum absolute atomic E-state index is 11.5. The molecule has 4 nitrogen and oxygen atoms in total. The number of amides is 1. The lowest BCUT2D eigenvalue weighted by molar-refractivity contribution is -0.132. The van der Waals surface area contributed by atoms with Gasteiger partial charge in [0.25, 0.3) is 0 Å². The monoisotopic (exact) mass is 181 g/mol. The van der Waals surface area contributed by atoms with Gasteiger partial charge in [-0.3, -0.25) is 4.79 Å². The second-order valence-electron chi connectivity index (χ2n) is 3.46. The highest BCUT2D eigenvalue weighted by Gasteiger charge is 2.33. The fourth-order valence-electron chi connectivity index (χ4n) is 1.29. The van der Waals surface area contributed by atoms with Gasteiger partial charge in [-0.15, -0.1) is 0 Å². The summed E-state index contributed by atoms with van der Waals surface area (Å²) in [4.78, 5) is 13.3. The van der Waals surface area contributed by atoms with E-state index in [1.54, 1.807) is 11.8 Å². The van der Waals surface area contributed by atoms with Crippen LogP contribution >= 0.6 is 0 Å². The molecule has 1 aliphatic carbocycles. The van der Waals surface area contributed by atoms with Crippen molar-refractivity contribution in [1.29, 1.82) is 5.26 Å². The minimum absolute atomic E-state index is 0.0299. The average molecular weight is 181 g/mol. The topological polar surface area (TPSA) is 70.1 Å². The van der Waals surface area contributed by atoms with Crippen molar-refractivity contribution in [2.24, 2.45) is 5.73 Å². The quantitative estimate of drug-likeness (QED) is 0.675. The Balaban J connectivity index is 2.47. The van der Waals surface area contributed by atoms with Crippen LogP contribution in [0, 0.1) is 11.3 Å². The molecule has 0 aromatic rings. The molecule has 2 N–H and O–H groups in total. The van der Waals surface area contributed by atoms with Gasteiger partial charge in [0.05, 0.1) is 18.5 Å². The standard InChI is InChI=1S/C9H15N3O/c1-7(11)9(13)12(6-2-5-10)8-3-4-8/h7-8H,2-4,6,11H2,1H3/t7-/m1/s1. The molecule has 0 saturated heterocycles. The van der Waals surface area contributed by atoms with E-state index >= 15 is 0 Å². The normalized spacial score (nSPS) is 17.6. The van der Waals surface area contributed by atoms with Crippen molar-refractivity contribution in [1.82, 2.24) is 4.90 Å². The maximum atomic E-state index is 11.5. The zero-order valence-corrected chi connectivity index (χ0v) is 7.86. The lowest BCUT2D eigenvalue weighted by atomic mass is 10.3. The SMILES string of the molecule is C[C@@H](N)C(=O)N(CCC#N)C1CC1. The Morgan fingerprint density at radius 1 is 1.77 bits per heavy atom. The van der Waals surface area contributed by atoms with Crippen molar-refractivity contribution in [3.05, 3.63) is 0 Å². The number of hydrogen-bond acceptors (Lipinski definition) is 3. The van der Waals surface area contributed by atoms with Gasteiger partial charge in [-0.1, -0.05) is 0 Å². The molecule has 0 aromatic carbocycles. The number of nitrogens with zero attached hydrogens (tertiary/aromatic N) is 2. The van der Waals surface area contributed by atoms with Gasteiger partial charge < -0.3 is 10.6 Å². The van der Waals surface area contributed by atoms with Crippen LogP contribution in [-0.2, 0) is 4.79 Å². The van der Waals surface area contributed by atoms with Gasteiger partial charge in [-0.25, -0.2) is 0 Å². The van der Waals surface area contributed by atoms with Gasteiger partial charge in [0.1, 0.15) is 0 Å². The van der Waals surface area contributed by atoms with Gasteiger partial charge >= 0.3 is 0 Å². The molecule has 0 radical (unpaired) electrons. The van der Waals surface area contributed by atoms with Crippen LogP contribution in [0.3, 0.4) is 0 Å². The molecule has 0 heterocycles. The summed E-state index contributed by atoms with van der Waals surface area (Å²) in [5, 5.41) is 8.42. The predicted octanol–water partition coefficient (Wildman–Crippen LogP) is 0.238. The van der Waals surface area contributed by atoms with E-state index < -0.39 is 6.04 Å². The number of hydrogen-bond donors (Lipinski definition) is 1. The number of carbonyl (C=O) groups is 1. The summed E-state index contributed by atoms with van der Waals surface area (Å²) in [7, 11) is 0. The fourth-order valence-corrected chi connectivity index (χ4v) is 1.29. The van der Waals surface area contributed by atoms with Crippen LogP contribution in [0.15, 0.2) is 0 Å². The van der Waals surface area contributed by atoms with Crippen LogP contribution < -0.4 is 5.73 Å². The first-order chi connectivity index (χ1) is 6.16. The van der Waals surface area contributed by atoms with E-state index in [-0.39, 0.29) is 5.91 Å². The van der Waals surface area contributed by atoms with Crippen molar-refractivity contribution in [2.75, 3.05) is 6.54 Å². The second-order valence-corrected chi connectivity index (χ2v) is 3.46. The first-order valence-corrected chi connectivity index (χ1v) is 4.60. The summed E-state index contributed by atoms with van der Waals surface area (Å²) in [6.45, 7) is 2.21. The molecule has 0 aromatic heterocycles. The van der Waals surface area contributed by atoms with Crippen LogP contribution in [0.25, 0.3) is 0 Å². The highest BCUT2D eigenvalue weighted by molar-refractivity contribution is 5.81. The maximum Gasteiger partial charge on any atom is 0.239 e. The molecule has 13 heavy (non-hydrogen) atoms. The van der Waals surface area contributed by atoms with Crippen LogP contribution in [0.2, 0.25) is 0 Å². The molecule has 1 aliphatic rings. The highest BCUT2D eigenvalue weighted by Crippen LogP contribution is 2.27. The number of nitriles is 1. The lowest BCUT2D eigenvalue weighted by Crippen LogP contribution is -2.43. The molecule has 1 fully saturated rings.